The number of fused-ring (bicyclic) bond motifs is 1. The van der Waals surface area contributed by atoms with Crippen LogP contribution in [-0.4, -0.2) is 30.0 Å². The number of carbonyl (C=O) groups is 2. The van der Waals surface area contributed by atoms with Gasteiger partial charge in [-0.05, 0) is 30.4 Å². The average molecular weight is 400 g/mol. The quantitative estimate of drug-likeness (QED) is 0.539. The molecule has 6 nitrogen and oxygen atoms in total. The fourth-order valence-corrected chi connectivity index (χ4v) is 4.99. The molecule has 0 aliphatic heterocycles. The van der Waals surface area contributed by atoms with E-state index in [4.69, 9.17) is 15.0 Å². The lowest BCUT2D eigenvalue weighted by Crippen LogP contribution is -2.33. The number of rotatable bonds is 8. The maximum absolute atomic E-state index is 12.4. The van der Waals surface area contributed by atoms with E-state index in [2.05, 4.69) is 11.4 Å². The van der Waals surface area contributed by atoms with E-state index in [-0.39, 0.29) is 36.9 Å². The van der Waals surface area contributed by atoms with Crippen LogP contribution in [0.1, 0.15) is 50.0 Å². The van der Waals surface area contributed by atoms with E-state index >= 15 is 0 Å². The summed E-state index contributed by atoms with van der Waals surface area (Å²) < 4.78 is 6.37. The number of para-hydroxylation sites is 1. The second-order valence-electron chi connectivity index (χ2n) is 7.41. The van der Waals surface area contributed by atoms with E-state index < -0.39 is 0 Å². The number of thiazole rings is 1. The fourth-order valence-electron chi connectivity index (χ4n) is 3.85. The van der Waals surface area contributed by atoms with Crippen molar-refractivity contribution in [3.63, 3.8) is 0 Å². The maximum atomic E-state index is 12.4. The van der Waals surface area contributed by atoms with Crippen LogP contribution in [0, 0.1) is 16.7 Å². The van der Waals surface area contributed by atoms with Crippen molar-refractivity contribution < 1.29 is 14.3 Å². The number of benzene rings is 1. The van der Waals surface area contributed by atoms with Crippen LogP contribution in [0.15, 0.2) is 24.3 Å². The molecule has 1 aliphatic carbocycles. The molecule has 0 bridgehead atoms. The molecule has 0 atom stereocenters. The van der Waals surface area contributed by atoms with E-state index in [0.29, 0.717) is 6.42 Å². The summed E-state index contributed by atoms with van der Waals surface area (Å²) in [7, 11) is 0. The van der Waals surface area contributed by atoms with E-state index in [9.17, 15) is 9.59 Å². The van der Waals surface area contributed by atoms with Crippen LogP contribution in [0.25, 0.3) is 10.2 Å². The van der Waals surface area contributed by atoms with Crippen molar-refractivity contribution >= 4 is 33.4 Å². The molecule has 1 aromatic heterocycles. The Hall–Kier alpha value is -2.46. The van der Waals surface area contributed by atoms with Crippen LogP contribution in [0.5, 0.6) is 0 Å². The highest BCUT2D eigenvalue weighted by Crippen LogP contribution is 2.43. The minimum atomic E-state index is -0.368. The van der Waals surface area contributed by atoms with Gasteiger partial charge in [-0.3, -0.25) is 9.59 Å². The van der Waals surface area contributed by atoms with Crippen LogP contribution >= 0.6 is 11.3 Å². The van der Waals surface area contributed by atoms with Gasteiger partial charge in [0.25, 0.3) is 5.91 Å². The van der Waals surface area contributed by atoms with Gasteiger partial charge in [0.15, 0.2) is 6.61 Å². The molecule has 1 heterocycles. The Kier molecular flexibility index (Phi) is 6.99. The molecule has 0 unspecified atom stereocenters. The number of ether oxygens (including phenoxy) is 1. The first kappa shape index (κ1) is 20.3. The third kappa shape index (κ3) is 5.52. The first-order valence-corrected chi connectivity index (χ1v) is 10.6. The second kappa shape index (κ2) is 9.65. The van der Waals surface area contributed by atoms with Crippen molar-refractivity contribution in [3.05, 3.63) is 29.3 Å². The number of carbonyl (C=O) groups excluding carboxylic acids is 2. The number of amides is 1. The number of aromatic nitrogens is 1. The Morgan fingerprint density at radius 3 is 2.79 bits per heavy atom. The largest absolute Gasteiger partial charge is 0.456 e. The maximum Gasteiger partial charge on any atom is 0.306 e. The summed E-state index contributed by atoms with van der Waals surface area (Å²) in [4.78, 5) is 28.9. The molecule has 148 valence electrons. The second-order valence-corrected chi connectivity index (χ2v) is 8.52. The molecular formula is C21H25N3O3S. The van der Waals surface area contributed by atoms with Crippen molar-refractivity contribution in [1.82, 2.24) is 10.3 Å². The summed E-state index contributed by atoms with van der Waals surface area (Å²) in [5.74, 6) is -0.703. The fraction of sp³-hybridized carbons (Fsp3) is 0.524. The third-order valence-corrected chi connectivity index (χ3v) is 6.26. The summed E-state index contributed by atoms with van der Waals surface area (Å²) in [6.07, 6.45) is 6.69. The van der Waals surface area contributed by atoms with Gasteiger partial charge in [-0.15, -0.1) is 11.3 Å². The van der Waals surface area contributed by atoms with E-state index in [1.807, 2.05) is 24.3 Å². The lowest BCUT2D eigenvalue weighted by molar-refractivity contribution is -0.151. The zero-order valence-corrected chi connectivity index (χ0v) is 16.7. The SMILES string of the molecule is N#CCCNC(=O)COC(=O)CC1(Cc2nc3ccccc3s2)CCCCC1. The van der Waals surface area contributed by atoms with E-state index in [0.717, 1.165) is 42.6 Å². The Labute approximate surface area is 168 Å². The standard InChI is InChI=1S/C21H25N3O3S/c22-11-6-12-23-18(25)15-27-20(26)14-21(9-4-1-5-10-21)13-19-24-16-7-2-3-8-17(16)28-19/h2-3,7-8H,1,4-6,9-10,12-15H2,(H,23,25). The molecule has 0 spiro atoms. The van der Waals surface area contributed by atoms with Gasteiger partial charge < -0.3 is 10.1 Å². The molecule has 3 rings (SSSR count). The molecule has 1 aliphatic rings. The molecule has 0 radical (unpaired) electrons. The number of nitrogens with one attached hydrogen (secondary N) is 1. The molecule has 2 aromatic rings. The average Bonchev–Trinajstić information content (AvgIpc) is 3.09. The number of hydrogen-bond acceptors (Lipinski definition) is 6. The smallest absolute Gasteiger partial charge is 0.306 e. The number of nitrogens with zero attached hydrogens (tertiary/aromatic N) is 2. The van der Waals surface area contributed by atoms with Crippen molar-refractivity contribution in [2.45, 2.75) is 51.4 Å². The Morgan fingerprint density at radius 2 is 2.04 bits per heavy atom. The molecule has 1 fully saturated rings. The summed E-state index contributed by atoms with van der Waals surface area (Å²) >= 11 is 1.69. The van der Waals surface area contributed by atoms with Crippen molar-refractivity contribution in [2.75, 3.05) is 13.2 Å². The van der Waals surface area contributed by atoms with Gasteiger partial charge in [-0.2, -0.15) is 5.26 Å². The van der Waals surface area contributed by atoms with Gasteiger partial charge in [0.05, 0.1) is 34.1 Å². The van der Waals surface area contributed by atoms with E-state index in [1.165, 1.54) is 11.1 Å². The predicted molar refractivity (Wildman–Crippen MR) is 108 cm³/mol. The molecular weight excluding hydrogens is 374 g/mol. The lowest BCUT2D eigenvalue weighted by atomic mass is 9.70. The Morgan fingerprint density at radius 1 is 1.25 bits per heavy atom. The lowest BCUT2D eigenvalue weighted by Gasteiger charge is -2.36. The van der Waals surface area contributed by atoms with Crippen LogP contribution in [-0.2, 0) is 20.7 Å². The van der Waals surface area contributed by atoms with E-state index in [1.54, 1.807) is 11.3 Å². The predicted octanol–water partition coefficient (Wildman–Crippen LogP) is 3.75. The molecule has 1 saturated carbocycles. The minimum absolute atomic E-state index is 0.138. The summed E-state index contributed by atoms with van der Waals surface area (Å²) in [6.45, 7) is -0.0179. The van der Waals surface area contributed by atoms with Gasteiger partial charge in [0.2, 0.25) is 0 Å². The highest BCUT2D eigenvalue weighted by molar-refractivity contribution is 7.18. The third-order valence-electron chi connectivity index (χ3n) is 5.22. The Bertz CT molecular complexity index is 832. The minimum Gasteiger partial charge on any atom is -0.456 e. The van der Waals surface area contributed by atoms with Gasteiger partial charge >= 0.3 is 5.97 Å². The zero-order chi connectivity index (χ0) is 19.8. The van der Waals surface area contributed by atoms with Gasteiger partial charge in [0.1, 0.15) is 0 Å². The topological polar surface area (TPSA) is 92.1 Å². The monoisotopic (exact) mass is 399 g/mol. The first-order chi connectivity index (χ1) is 13.6. The number of nitriles is 1. The highest BCUT2D eigenvalue weighted by atomic mass is 32.1. The van der Waals surface area contributed by atoms with Crippen LogP contribution in [0.2, 0.25) is 0 Å². The van der Waals surface area contributed by atoms with Crippen molar-refractivity contribution in [1.29, 1.82) is 5.26 Å². The Balaban J connectivity index is 1.60. The molecule has 28 heavy (non-hydrogen) atoms. The zero-order valence-electron chi connectivity index (χ0n) is 15.9. The summed E-state index contributed by atoms with van der Waals surface area (Å²) in [6, 6.07) is 10.0. The van der Waals surface area contributed by atoms with Gasteiger partial charge in [0, 0.05) is 13.0 Å². The van der Waals surface area contributed by atoms with Crippen LogP contribution in [0.4, 0.5) is 0 Å². The first-order valence-electron chi connectivity index (χ1n) is 9.74. The molecule has 7 heteroatoms. The molecule has 1 amide bonds. The van der Waals surface area contributed by atoms with Crippen LogP contribution in [0.3, 0.4) is 0 Å². The number of hydrogen-bond donors (Lipinski definition) is 1. The molecule has 1 N–H and O–H groups in total. The van der Waals surface area contributed by atoms with Gasteiger partial charge in [-0.25, -0.2) is 4.98 Å². The summed E-state index contributed by atoms with van der Waals surface area (Å²) in [5.41, 5.74) is 0.866. The highest BCUT2D eigenvalue weighted by Gasteiger charge is 2.36. The van der Waals surface area contributed by atoms with Crippen molar-refractivity contribution in [3.8, 4) is 6.07 Å². The normalized spacial score (nSPS) is 15.7. The molecule has 0 saturated heterocycles. The van der Waals surface area contributed by atoms with Crippen molar-refractivity contribution in [2.24, 2.45) is 5.41 Å². The van der Waals surface area contributed by atoms with Crippen LogP contribution < -0.4 is 5.32 Å². The molecule has 1 aromatic carbocycles. The van der Waals surface area contributed by atoms with Gasteiger partial charge in [-0.1, -0.05) is 31.4 Å². The number of esters is 1. The summed E-state index contributed by atoms with van der Waals surface area (Å²) in [5, 5.41) is 12.1.